The first kappa shape index (κ1) is 26.2. The van der Waals surface area contributed by atoms with Crippen molar-refractivity contribution in [1.82, 2.24) is 0 Å². The molecule has 2 fully saturated rings. The summed E-state index contributed by atoms with van der Waals surface area (Å²) in [5.41, 5.74) is 0.803. The fourth-order valence-corrected chi connectivity index (χ4v) is 5.26. The van der Waals surface area contributed by atoms with E-state index in [4.69, 9.17) is 4.74 Å². The van der Waals surface area contributed by atoms with Crippen LogP contribution in [0, 0.1) is 5.92 Å². The van der Waals surface area contributed by atoms with Gasteiger partial charge in [-0.25, -0.2) is 4.39 Å². The molecule has 0 aromatic heterocycles. The van der Waals surface area contributed by atoms with Gasteiger partial charge < -0.3 is 9.47 Å². The molecule has 1 aromatic rings. The summed E-state index contributed by atoms with van der Waals surface area (Å²) in [6.45, 7) is 2.98. The topological polar surface area (TPSA) is 18.5 Å². The first-order valence-electron chi connectivity index (χ1n) is 12.1. The maximum Gasteiger partial charge on any atom is 0.439 e. The lowest BCUT2D eigenvalue weighted by Crippen LogP contribution is -2.45. The van der Waals surface area contributed by atoms with Crippen LogP contribution in [0.15, 0.2) is 24.3 Å². The Balaban J connectivity index is 1.56. The monoisotopic (exact) mass is 480 g/mol. The van der Waals surface area contributed by atoms with E-state index in [1.807, 2.05) is 0 Å². The molecule has 1 atom stereocenters. The van der Waals surface area contributed by atoms with Gasteiger partial charge >= 0.3 is 12.3 Å². The van der Waals surface area contributed by atoms with Gasteiger partial charge in [0.25, 0.3) is 6.17 Å². The summed E-state index contributed by atoms with van der Waals surface area (Å²) < 4.78 is 87.5. The van der Waals surface area contributed by atoms with Gasteiger partial charge in [0.15, 0.2) is 0 Å². The van der Waals surface area contributed by atoms with E-state index in [0.717, 1.165) is 50.7 Å². The van der Waals surface area contributed by atoms with Crippen LogP contribution in [0.1, 0.15) is 89.0 Å². The van der Waals surface area contributed by atoms with Gasteiger partial charge in [-0.2, -0.15) is 22.0 Å². The highest BCUT2D eigenvalue weighted by molar-refractivity contribution is 5.30. The SMILES string of the molecule is CCCC1(OCC2CCCCC2)CCC(c2ccc(OC(F)(F)C(F)C(F)(F)F)cc2)CC1. The third kappa shape index (κ3) is 7.03. The Morgan fingerprint density at radius 3 is 2.09 bits per heavy atom. The Hall–Kier alpha value is -1.44. The molecule has 2 nitrogen and oxygen atoms in total. The van der Waals surface area contributed by atoms with Crippen LogP contribution >= 0.6 is 0 Å². The number of benzene rings is 1. The summed E-state index contributed by atoms with van der Waals surface area (Å²) in [5, 5.41) is 0. The molecule has 0 spiro atoms. The summed E-state index contributed by atoms with van der Waals surface area (Å²) in [4.78, 5) is 0. The van der Waals surface area contributed by atoms with Crippen molar-refractivity contribution in [3.8, 4) is 5.75 Å². The summed E-state index contributed by atoms with van der Waals surface area (Å²) >= 11 is 0. The van der Waals surface area contributed by atoms with Crippen molar-refractivity contribution >= 4 is 0 Å². The zero-order valence-electron chi connectivity index (χ0n) is 19.1. The van der Waals surface area contributed by atoms with Crippen LogP contribution in [0.25, 0.3) is 0 Å². The predicted octanol–water partition coefficient (Wildman–Crippen LogP) is 8.35. The van der Waals surface area contributed by atoms with Crippen LogP contribution < -0.4 is 4.74 Å². The van der Waals surface area contributed by atoms with Gasteiger partial charge in [0.2, 0.25) is 0 Å². The van der Waals surface area contributed by atoms with E-state index >= 15 is 0 Å². The molecule has 0 amide bonds. The van der Waals surface area contributed by atoms with Crippen LogP contribution in [-0.2, 0) is 4.74 Å². The van der Waals surface area contributed by atoms with Gasteiger partial charge in [-0.1, -0.05) is 44.7 Å². The number of ether oxygens (including phenoxy) is 2. The molecule has 8 heteroatoms. The molecule has 2 aliphatic rings. The minimum absolute atomic E-state index is 0.110. The van der Waals surface area contributed by atoms with Gasteiger partial charge in [0.1, 0.15) is 5.75 Å². The number of hydrogen-bond donors (Lipinski definition) is 0. The largest absolute Gasteiger partial charge is 0.439 e. The summed E-state index contributed by atoms with van der Waals surface area (Å²) in [6, 6.07) is 5.51. The Bertz CT molecular complexity index is 719. The molecule has 188 valence electrons. The number of halogens is 6. The second kappa shape index (κ2) is 10.9. The molecular weight excluding hydrogens is 446 g/mol. The van der Waals surface area contributed by atoms with Gasteiger partial charge in [-0.3, -0.25) is 0 Å². The zero-order chi connectivity index (χ0) is 24.1. The third-order valence-corrected chi connectivity index (χ3v) is 7.14. The summed E-state index contributed by atoms with van der Waals surface area (Å²) in [7, 11) is 0. The van der Waals surface area contributed by atoms with Crippen LogP contribution in [0.4, 0.5) is 26.3 Å². The van der Waals surface area contributed by atoms with Crippen LogP contribution in [0.5, 0.6) is 5.75 Å². The van der Waals surface area contributed by atoms with Crippen LogP contribution in [-0.4, -0.2) is 30.7 Å². The molecule has 1 unspecified atom stereocenters. The number of alkyl halides is 6. The molecule has 0 radical (unpaired) electrons. The van der Waals surface area contributed by atoms with Crippen LogP contribution in [0.2, 0.25) is 0 Å². The van der Waals surface area contributed by atoms with Gasteiger partial charge in [0, 0.05) is 0 Å². The Kier molecular flexibility index (Phi) is 8.62. The maximum atomic E-state index is 13.5. The molecule has 2 aliphatic carbocycles. The molecule has 0 heterocycles. The van der Waals surface area contributed by atoms with E-state index in [1.54, 1.807) is 12.1 Å². The maximum absolute atomic E-state index is 13.5. The minimum atomic E-state index is -5.70. The summed E-state index contributed by atoms with van der Waals surface area (Å²) in [6.07, 6.45) is -3.03. The minimum Gasteiger partial charge on any atom is -0.430 e. The molecule has 0 N–H and O–H groups in total. The standard InChI is InChI=1S/C25H34F6O2/c1-2-14-23(32-17-18-6-4-3-5-7-18)15-12-20(13-16-23)19-8-10-21(11-9-19)33-25(30,31)22(26)24(27,28)29/h8-11,18,20,22H,2-7,12-17H2,1H3. The second-order valence-corrected chi connectivity index (χ2v) is 9.66. The zero-order valence-corrected chi connectivity index (χ0v) is 19.1. The van der Waals surface area contributed by atoms with Gasteiger partial charge in [-0.15, -0.1) is 0 Å². The number of hydrogen-bond acceptors (Lipinski definition) is 2. The van der Waals surface area contributed by atoms with E-state index in [0.29, 0.717) is 5.92 Å². The highest BCUT2D eigenvalue weighted by Crippen LogP contribution is 2.44. The van der Waals surface area contributed by atoms with Crippen molar-refractivity contribution in [2.75, 3.05) is 6.61 Å². The predicted molar refractivity (Wildman–Crippen MR) is 114 cm³/mol. The quantitative estimate of drug-likeness (QED) is 0.331. The van der Waals surface area contributed by atoms with Crippen molar-refractivity contribution in [2.45, 2.75) is 108 Å². The Morgan fingerprint density at radius 2 is 1.55 bits per heavy atom. The first-order chi connectivity index (χ1) is 15.5. The lowest BCUT2D eigenvalue weighted by molar-refractivity contribution is -0.304. The normalized spacial score (nSPS) is 26.2. The molecule has 33 heavy (non-hydrogen) atoms. The van der Waals surface area contributed by atoms with Crippen molar-refractivity contribution in [2.24, 2.45) is 5.92 Å². The lowest BCUT2D eigenvalue weighted by atomic mass is 9.74. The second-order valence-electron chi connectivity index (χ2n) is 9.66. The van der Waals surface area contributed by atoms with E-state index in [1.165, 1.54) is 44.2 Å². The Morgan fingerprint density at radius 1 is 0.939 bits per heavy atom. The van der Waals surface area contributed by atoms with Crippen molar-refractivity contribution in [1.29, 1.82) is 0 Å². The van der Waals surface area contributed by atoms with Crippen LogP contribution in [0.3, 0.4) is 0 Å². The molecule has 1 aromatic carbocycles. The number of rotatable bonds is 9. The average molecular weight is 481 g/mol. The van der Waals surface area contributed by atoms with Gasteiger partial charge in [0.05, 0.1) is 12.2 Å². The molecule has 0 aliphatic heterocycles. The third-order valence-electron chi connectivity index (χ3n) is 7.14. The van der Waals surface area contributed by atoms with Crippen molar-refractivity contribution in [3.05, 3.63) is 29.8 Å². The van der Waals surface area contributed by atoms with Crippen molar-refractivity contribution in [3.63, 3.8) is 0 Å². The van der Waals surface area contributed by atoms with Crippen molar-refractivity contribution < 1.29 is 35.8 Å². The lowest BCUT2D eigenvalue weighted by Gasteiger charge is -2.41. The summed E-state index contributed by atoms with van der Waals surface area (Å²) in [5.74, 6) is 0.367. The first-order valence-corrected chi connectivity index (χ1v) is 12.1. The highest BCUT2D eigenvalue weighted by Gasteiger charge is 2.59. The fourth-order valence-electron chi connectivity index (χ4n) is 5.26. The van der Waals surface area contributed by atoms with E-state index < -0.39 is 24.2 Å². The molecule has 0 bridgehead atoms. The highest BCUT2D eigenvalue weighted by atomic mass is 19.4. The molecule has 0 saturated heterocycles. The molecular formula is C25H34F6O2. The van der Waals surface area contributed by atoms with E-state index in [9.17, 15) is 26.3 Å². The Labute approximate surface area is 192 Å². The van der Waals surface area contributed by atoms with E-state index in [-0.39, 0.29) is 11.5 Å². The van der Waals surface area contributed by atoms with E-state index in [2.05, 4.69) is 11.7 Å². The smallest absolute Gasteiger partial charge is 0.430 e. The van der Waals surface area contributed by atoms with Gasteiger partial charge in [-0.05, 0) is 74.5 Å². The average Bonchev–Trinajstić information content (AvgIpc) is 2.78. The molecule has 2 saturated carbocycles. The fraction of sp³-hybridized carbons (Fsp3) is 0.760. The molecule has 3 rings (SSSR count).